The topological polar surface area (TPSA) is 129 Å². The number of nitrogens with one attached hydrogen (secondary N) is 1. The molecule has 1 aromatic heterocycles. The van der Waals surface area contributed by atoms with Crippen molar-refractivity contribution in [2.75, 3.05) is 16.9 Å². The van der Waals surface area contributed by atoms with Crippen LogP contribution in [0.25, 0.3) is 11.4 Å². The summed E-state index contributed by atoms with van der Waals surface area (Å²) in [6.45, 7) is 0. The quantitative estimate of drug-likeness (QED) is 0.279. The Bertz CT molecular complexity index is 1010. The molecule has 0 aliphatic carbocycles. The third kappa shape index (κ3) is 4.54. The van der Waals surface area contributed by atoms with Crippen LogP contribution in [-0.4, -0.2) is 31.5 Å². The van der Waals surface area contributed by atoms with Crippen molar-refractivity contribution in [3.63, 3.8) is 0 Å². The van der Waals surface area contributed by atoms with Gasteiger partial charge < -0.3 is 11.2 Å². The van der Waals surface area contributed by atoms with Crippen LogP contribution in [0.4, 0.5) is 11.4 Å². The second-order valence-electron chi connectivity index (χ2n) is 5.33. The van der Waals surface area contributed by atoms with Gasteiger partial charge in [0.2, 0.25) is 11.1 Å². The highest BCUT2D eigenvalue weighted by Gasteiger charge is 2.14. The van der Waals surface area contributed by atoms with Gasteiger partial charge in [0.25, 0.3) is 5.69 Å². The van der Waals surface area contributed by atoms with Gasteiger partial charge in [0.15, 0.2) is 5.82 Å². The first-order valence-corrected chi connectivity index (χ1v) is 8.94. The van der Waals surface area contributed by atoms with Crippen LogP contribution in [0.1, 0.15) is 0 Å². The van der Waals surface area contributed by atoms with Crippen molar-refractivity contribution in [2.45, 2.75) is 5.16 Å². The molecular formula is C16H13ClN6O3S. The molecule has 138 valence electrons. The first-order valence-electron chi connectivity index (χ1n) is 7.57. The number of hydrogen-bond donors (Lipinski definition) is 2. The maximum absolute atomic E-state index is 12.1. The Balaban J connectivity index is 1.64. The van der Waals surface area contributed by atoms with Crippen LogP contribution in [-0.2, 0) is 4.79 Å². The van der Waals surface area contributed by atoms with Crippen LogP contribution in [0.3, 0.4) is 0 Å². The first-order chi connectivity index (χ1) is 12.9. The maximum atomic E-state index is 12.1. The summed E-state index contributed by atoms with van der Waals surface area (Å²) in [7, 11) is 0. The number of nitrogen functional groups attached to an aromatic ring is 1. The number of halogens is 1. The largest absolute Gasteiger partial charge is 0.335 e. The van der Waals surface area contributed by atoms with Crippen LogP contribution in [0.15, 0.2) is 53.7 Å². The van der Waals surface area contributed by atoms with Crippen molar-refractivity contribution in [3.8, 4) is 11.4 Å². The molecule has 2 aromatic carbocycles. The average molecular weight is 405 g/mol. The number of non-ortho nitro benzene ring substituents is 1. The van der Waals surface area contributed by atoms with Gasteiger partial charge in [0.05, 0.1) is 10.7 Å². The Morgan fingerprint density at radius 3 is 2.78 bits per heavy atom. The Hall–Kier alpha value is -3.11. The van der Waals surface area contributed by atoms with E-state index in [2.05, 4.69) is 15.5 Å². The Kier molecular flexibility index (Phi) is 5.57. The summed E-state index contributed by atoms with van der Waals surface area (Å²) in [5, 5.41) is 22.3. The zero-order chi connectivity index (χ0) is 19.4. The minimum atomic E-state index is -0.529. The fourth-order valence-corrected chi connectivity index (χ4v) is 3.07. The standard InChI is InChI=1S/C16H13ClN6O3S/c17-11-4-1-3-10(7-11)15-20-21-16(22(15)18)27-9-14(24)19-12-5-2-6-13(8-12)23(25)26/h1-8H,9,18H2,(H,19,24). The minimum absolute atomic E-state index is 0.00751. The molecular weight excluding hydrogens is 392 g/mol. The number of anilines is 1. The molecule has 3 rings (SSSR count). The number of nitro benzene ring substituents is 1. The van der Waals surface area contributed by atoms with Crippen molar-refractivity contribution >= 4 is 40.6 Å². The predicted molar refractivity (Wildman–Crippen MR) is 103 cm³/mol. The van der Waals surface area contributed by atoms with Gasteiger partial charge in [-0.2, -0.15) is 0 Å². The number of rotatable bonds is 6. The van der Waals surface area contributed by atoms with Gasteiger partial charge in [-0.3, -0.25) is 14.9 Å². The van der Waals surface area contributed by atoms with Gasteiger partial charge in [-0.15, -0.1) is 10.2 Å². The molecule has 0 atom stereocenters. The van der Waals surface area contributed by atoms with Crippen LogP contribution < -0.4 is 11.2 Å². The number of nitrogens with two attached hydrogens (primary N) is 1. The first kappa shape index (κ1) is 18.7. The van der Waals surface area contributed by atoms with E-state index in [1.807, 2.05) is 0 Å². The fraction of sp³-hybridized carbons (Fsp3) is 0.0625. The number of carbonyl (C=O) groups excluding carboxylic acids is 1. The second kappa shape index (κ2) is 8.06. The number of carbonyl (C=O) groups is 1. The van der Waals surface area contributed by atoms with Crippen LogP contribution in [0.2, 0.25) is 5.02 Å². The molecule has 0 aliphatic heterocycles. The van der Waals surface area contributed by atoms with Gasteiger partial charge in [0.1, 0.15) is 0 Å². The predicted octanol–water partition coefficient (Wildman–Crippen LogP) is 2.95. The van der Waals surface area contributed by atoms with Crippen molar-refractivity contribution in [3.05, 3.63) is 63.7 Å². The summed E-state index contributed by atoms with van der Waals surface area (Å²) in [5.41, 5.74) is 0.933. The molecule has 0 saturated carbocycles. The lowest BCUT2D eigenvalue weighted by Crippen LogP contribution is -2.16. The molecule has 0 unspecified atom stereocenters. The third-order valence-corrected chi connectivity index (χ3v) is 4.60. The molecule has 0 bridgehead atoms. The average Bonchev–Trinajstić information content (AvgIpc) is 3.01. The lowest BCUT2D eigenvalue weighted by atomic mass is 10.2. The molecule has 0 saturated heterocycles. The number of benzene rings is 2. The molecule has 3 N–H and O–H groups in total. The lowest BCUT2D eigenvalue weighted by Gasteiger charge is -2.06. The summed E-state index contributed by atoms with van der Waals surface area (Å²) < 4.78 is 1.27. The molecule has 0 spiro atoms. The molecule has 1 amide bonds. The Morgan fingerprint density at radius 1 is 1.26 bits per heavy atom. The van der Waals surface area contributed by atoms with E-state index >= 15 is 0 Å². The van der Waals surface area contributed by atoms with E-state index in [-0.39, 0.29) is 17.3 Å². The van der Waals surface area contributed by atoms with Crippen molar-refractivity contribution in [1.82, 2.24) is 14.9 Å². The van der Waals surface area contributed by atoms with Crippen LogP contribution in [0.5, 0.6) is 0 Å². The van der Waals surface area contributed by atoms with E-state index in [9.17, 15) is 14.9 Å². The molecule has 11 heteroatoms. The third-order valence-electron chi connectivity index (χ3n) is 3.42. The maximum Gasteiger partial charge on any atom is 0.271 e. The van der Waals surface area contributed by atoms with Gasteiger partial charge >= 0.3 is 0 Å². The van der Waals surface area contributed by atoms with Crippen molar-refractivity contribution in [2.24, 2.45) is 0 Å². The molecule has 3 aromatic rings. The van der Waals surface area contributed by atoms with Gasteiger partial charge in [0, 0.05) is 28.4 Å². The number of thioether (sulfide) groups is 1. The summed E-state index contributed by atoms with van der Waals surface area (Å²) in [5.74, 6) is 6.07. The minimum Gasteiger partial charge on any atom is -0.335 e. The summed E-state index contributed by atoms with van der Waals surface area (Å²) >= 11 is 7.06. The van der Waals surface area contributed by atoms with E-state index in [0.29, 0.717) is 27.3 Å². The normalized spacial score (nSPS) is 10.6. The zero-order valence-electron chi connectivity index (χ0n) is 13.7. The van der Waals surface area contributed by atoms with E-state index in [1.165, 1.54) is 22.9 Å². The molecule has 27 heavy (non-hydrogen) atoms. The van der Waals surface area contributed by atoms with Gasteiger partial charge in [-0.25, -0.2) is 4.68 Å². The number of aromatic nitrogens is 3. The van der Waals surface area contributed by atoms with Crippen molar-refractivity contribution < 1.29 is 9.72 Å². The number of nitro groups is 1. The highest BCUT2D eigenvalue weighted by molar-refractivity contribution is 7.99. The Morgan fingerprint density at radius 2 is 2.04 bits per heavy atom. The highest BCUT2D eigenvalue weighted by Crippen LogP contribution is 2.24. The van der Waals surface area contributed by atoms with Crippen molar-refractivity contribution in [1.29, 1.82) is 0 Å². The monoisotopic (exact) mass is 404 g/mol. The smallest absolute Gasteiger partial charge is 0.271 e. The highest BCUT2D eigenvalue weighted by atomic mass is 35.5. The van der Waals surface area contributed by atoms with Gasteiger partial charge in [-0.05, 0) is 18.2 Å². The molecule has 9 nitrogen and oxygen atoms in total. The number of amides is 1. The van der Waals surface area contributed by atoms with E-state index in [0.717, 1.165) is 11.8 Å². The summed E-state index contributed by atoms with van der Waals surface area (Å²) in [4.78, 5) is 22.3. The van der Waals surface area contributed by atoms with Crippen LogP contribution >= 0.6 is 23.4 Å². The fourth-order valence-electron chi connectivity index (χ4n) is 2.22. The number of hydrogen-bond acceptors (Lipinski definition) is 7. The molecule has 0 fully saturated rings. The van der Waals surface area contributed by atoms with Gasteiger partial charge in [-0.1, -0.05) is 41.6 Å². The SMILES string of the molecule is Nn1c(SCC(=O)Nc2cccc([N+](=O)[O-])c2)nnc1-c1cccc(Cl)c1. The molecule has 1 heterocycles. The van der Waals surface area contributed by atoms with E-state index in [4.69, 9.17) is 17.4 Å². The Labute approximate surface area is 162 Å². The molecule has 0 aliphatic rings. The lowest BCUT2D eigenvalue weighted by molar-refractivity contribution is -0.384. The second-order valence-corrected chi connectivity index (χ2v) is 6.71. The van der Waals surface area contributed by atoms with E-state index in [1.54, 1.807) is 30.3 Å². The summed E-state index contributed by atoms with van der Waals surface area (Å²) in [6.07, 6.45) is 0. The number of nitrogens with zero attached hydrogens (tertiary/aromatic N) is 4. The molecule has 0 radical (unpaired) electrons. The van der Waals surface area contributed by atoms with Crippen LogP contribution in [0, 0.1) is 10.1 Å². The zero-order valence-corrected chi connectivity index (χ0v) is 15.3. The van der Waals surface area contributed by atoms with E-state index < -0.39 is 4.92 Å². The summed E-state index contributed by atoms with van der Waals surface area (Å²) in [6, 6.07) is 12.7.